The zero-order valence-corrected chi connectivity index (χ0v) is 18.0. The Morgan fingerprint density at radius 3 is 2.33 bits per heavy atom. The standard InChI is InChI=1S/C22H27N5O2S/c1-27-19(17-5-3-2-4-6-17)25-26-21(27)30-13-18(28)23-20(29)24-22-10-14-7-15(11-22)9-16(8-14)12-22/h2-6,14-16H,7-13H2,1H3,(H2,23,24,28,29). The summed E-state index contributed by atoms with van der Waals surface area (Å²) in [5, 5.41) is 14.8. The Morgan fingerprint density at radius 2 is 1.70 bits per heavy atom. The van der Waals surface area contributed by atoms with Gasteiger partial charge in [-0.2, -0.15) is 0 Å². The largest absolute Gasteiger partial charge is 0.332 e. The summed E-state index contributed by atoms with van der Waals surface area (Å²) in [6.07, 6.45) is 7.16. The summed E-state index contributed by atoms with van der Waals surface area (Å²) < 4.78 is 1.86. The SMILES string of the molecule is Cn1c(SCC(=O)NC(=O)NC23CC4CC(CC(C4)C2)C3)nnc1-c1ccccc1. The maximum Gasteiger partial charge on any atom is 0.321 e. The van der Waals surface area contributed by atoms with Crippen molar-refractivity contribution in [3.05, 3.63) is 30.3 Å². The normalized spacial score (nSPS) is 29.0. The van der Waals surface area contributed by atoms with Crippen molar-refractivity contribution >= 4 is 23.7 Å². The first-order valence-corrected chi connectivity index (χ1v) is 11.7. The Kier molecular flexibility index (Phi) is 5.05. The van der Waals surface area contributed by atoms with E-state index in [2.05, 4.69) is 20.8 Å². The van der Waals surface area contributed by atoms with Gasteiger partial charge in [-0.15, -0.1) is 10.2 Å². The Balaban J connectivity index is 1.15. The molecule has 8 heteroatoms. The van der Waals surface area contributed by atoms with Crippen molar-refractivity contribution in [1.29, 1.82) is 0 Å². The van der Waals surface area contributed by atoms with E-state index in [4.69, 9.17) is 0 Å². The third-order valence-electron chi connectivity index (χ3n) is 6.87. The first kappa shape index (κ1) is 19.6. The summed E-state index contributed by atoms with van der Waals surface area (Å²) in [5.74, 6) is 2.80. The Labute approximate surface area is 180 Å². The van der Waals surface area contributed by atoms with Gasteiger partial charge in [0.1, 0.15) is 0 Å². The van der Waals surface area contributed by atoms with Gasteiger partial charge in [0.05, 0.1) is 5.75 Å². The van der Waals surface area contributed by atoms with Crippen molar-refractivity contribution in [3.63, 3.8) is 0 Å². The predicted molar refractivity (Wildman–Crippen MR) is 115 cm³/mol. The molecule has 4 bridgehead atoms. The molecule has 3 amide bonds. The molecule has 1 aromatic heterocycles. The van der Waals surface area contributed by atoms with Crippen LogP contribution in [0.1, 0.15) is 38.5 Å². The number of nitrogens with one attached hydrogen (secondary N) is 2. The minimum Gasteiger partial charge on any atom is -0.332 e. The fourth-order valence-electron chi connectivity index (χ4n) is 6.11. The third kappa shape index (κ3) is 3.85. The molecule has 7 nitrogen and oxygen atoms in total. The highest BCUT2D eigenvalue weighted by atomic mass is 32.2. The molecular weight excluding hydrogens is 398 g/mol. The van der Waals surface area contributed by atoms with Crippen LogP contribution < -0.4 is 10.6 Å². The second-order valence-corrected chi connectivity index (χ2v) is 10.2. The van der Waals surface area contributed by atoms with E-state index in [0.29, 0.717) is 5.16 Å². The number of carbonyl (C=O) groups is 2. The van der Waals surface area contributed by atoms with Crippen molar-refractivity contribution in [2.45, 2.75) is 49.2 Å². The number of aromatic nitrogens is 3. The lowest BCUT2D eigenvalue weighted by Gasteiger charge is -2.56. The molecule has 4 fully saturated rings. The lowest BCUT2D eigenvalue weighted by atomic mass is 9.53. The quantitative estimate of drug-likeness (QED) is 0.717. The number of imide groups is 1. The number of carbonyl (C=O) groups excluding carboxylic acids is 2. The van der Waals surface area contributed by atoms with E-state index >= 15 is 0 Å². The van der Waals surface area contributed by atoms with Gasteiger partial charge >= 0.3 is 6.03 Å². The summed E-state index contributed by atoms with van der Waals surface area (Å²) in [5.41, 5.74) is 0.874. The fourth-order valence-corrected chi connectivity index (χ4v) is 6.82. The first-order valence-electron chi connectivity index (χ1n) is 10.7. The van der Waals surface area contributed by atoms with Crippen LogP contribution in [0, 0.1) is 17.8 Å². The van der Waals surface area contributed by atoms with Gasteiger partial charge in [0.25, 0.3) is 0 Å². The smallest absolute Gasteiger partial charge is 0.321 e. The molecule has 0 unspecified atom stereocenters. The van der Waals surface area contributed by atoms with E-state index in [-0.39, 0.29) is 23.2 Å². The van der Waals surface area contributed by atoms with Gasteiger partial charge < -0.3 is 9.88 Å². The van der Waals surface area contributed by atoms with Gasteiger partial charge in [-0.3, -0.25) is 10.1 Å². The second-order valence-electron chi connectivity index (χ2n) is 9.22. The molecule has 1 aromatic carbocycles. The van der Waals surface area contributed by atoms with Gasteiger partial charge in [-0.1, -0.05) is 42.1 Å². The lowest BCUT2D eigenvalue weighted by Crippen LogP contribution is -2.61. The Morgan fingerprint density at radius 1 is 1.07 bits per heavy atom. The fraction of sp³-hybridized carbons (Fsp3) is 0.545. The highest BCUT2D eigenvalue weighted by Crippen LogP contribution is 2.55. The van der Waals surface area contributed by atoms with Crippen LogP contribution in [0.2, 0.25) is 0 Å². The molecule has 2 N–H and O–H groups in total. The molecule has 2 aromatic rings. The van der Waals surface area contributed by atoms with Crippen LogP contribution >= 0.6 is 11.8 Å². The number of hydrogen-bond donors (Lipinski definition) is 2. The highest BCUT2D eigenvalue weighted by molar-refractivity contribution is 7.99. The van der Waals surface area contributed by atoms with E-state index in [9.17, 15) is 9.59 Å². The van der Waals surface area contributed by atoms with Crippen LogP contribution in [0.5, 0.6) is 0 Å². The second kappa shape index (κ2) is 7.72. The molecule has 1 heterocycles. The van der Waals surface area contributed by atoms with E-state index < -0.39 is 0 Å². The molecule has 0 radical (unpaired) electrons. The number of nitrogens with zero attached hydrogens (tertiary/aromatic N) is 3. The molecule has 4 aliphatic rings. The van der Waals surface area contributed by atoms with E-state index in [1.165, 1.54) is 31.0 Å². The van der Waals surface area contributed by atoms with Crippen LogP contribution in [-0.4, -0.2) is 38.0 Å². The van der Waals surface area contributed by atoms with Gasteiger partial charge in [-0.05, 0) is 56.3 Å². The number of thioether (sulfide) groups is 1. The van der Waals surface area contributed by atoms with Crippen molar-refractivity contribution in [2.24, 2.45) is 24.8 Å². The van der Waals surface area contributed by atoms with Crippen LogP contribution in [0.25, 0.3) is 11.4 Å². The first-order chi connectivity index (χ1) is 14.5. The van der Waals surface area contributed by atoms with E-state index in [0.717, 1.165) is 48.4 Å². The zero-order chi connectivity index (χ0) is 20.7. The topological polar surface area (TPSA) is 88.9 Å². The van der Waals surface area contributed by atoms with Gasteiger partial charge in [-0.25, -0.2) is 4.79 Å². The minimum atomic E-state index is -0.356. The maximum absolute atomic E-state index is 12.5. The number of benzene rings is 1. The predicted octanol–water partition coefficient (Wildman–Crippen LogP) is 3.37. The highest BCUT2D eigenvalue weighted by Gasteiger charge is 2.51. The summed E-state index contributed by atoms with van der Waals surface area (Å²) >= 11 is 1.28. The lowest BCUT2D eigenvalue weighted by molar-refractivity contribution is -0.117. The molecule has 0 aliphatic heterocycles. The molecule has 0 atom stereocenters. The average molecular weight is 426 g/mol. The molecule has 0 saturated heterocycles. The third-order valence-corrected chi connectivity index (χ3v) is 7.89. The Bertz CT molecular complexity index is 922. The molecule has 30 heavy (non-hydrogen) atoms. The summed E-state index contributed by atoms with van der Waals surface area (Å²) in [7, 11) is 1.88. The minimum absolute atomic E-state index is 0.0968. The number of hydrogen-bond acceptors (Lipinski definition) is 5. The monoisotopic (exact) mass is 425 g/mol. The summed E-state index contributed by atoms with van der Waals surface area (Å²) in [6, 6.07) is 9.44. The van der Waals surface area contributed by atoms with Gasteiger partial charge in [0, 0.05) is 18.2 Å². The summed E-state index contributed by atoms with van der Waals surface area (Å²) in [4.78, 5) is 24.9. The molecule has 6 rings (SSSR count). The summed E-state index contributed by atoms with van der Waals surface area (Å²) in [6.45, 7) is 0. The molecule has 158 valence electrons. The van der Waals surface area contributed by atoms with Crippen molar-refractivity contribution in [1.82, 2.24) is 25.4 Å². The van der Waals surface area contributed by atoms with E-state index in [1.54, 1.807) is 0 Å². The molecule has 4 saturated carbocycles. The number of amides is 3. The van der Waals surface area contributed by atoms with Crippen molar-refractivity contribution < 1.29 is 9.59 Å². The van der Waals surface area contributed by atoms with Crippen molar-refractivity contribution in [3.8, 4) is 11.4 Å². The molecule has 4 aliphatic carbocycles. The number of rotatable bonds is 5. The van der Waals surface area contributed by atoms with Crippen LogP contribution in [0.4, 0.5) is 4.79 Å². The number of urea groups is 1. The van der Waals surface area contributed by atoms with Gasteiger partial charge in [0.15, 0.2) is 11.0 Å². The van der Waals surface area contributed by atoms with Crippen LogP contribution in [0.3, 0.4) is 0 Å². The molecule has 0 spiro atoms. The zero-order valence-electron chi connectivity index (χ0n) is 17.1. The van der Waals surface area contributed by atoms with Crippen LogP contribution in [0.15, 0.2) is 35.5 Å². The van der Waals surface area contributed by atoms with Crippen LogP contribution in [-0.2, 0) is 11.8 Å². The van der Waals surface area contributed by atoms with E-state index in [1.807, 2.05) is 41.9 Å². The van der Waals surface area contributed by atoms with Crippen molar-refractivity contribution in [2.75, 3.05) is 5.75 Å². The van der Waals surface area contributed by atoms with Gasteiger partial charge in [0.2, 0.25) is 5.91 Å². The average Bonchev–Trinajstić information content (AvgIpc) is 3.06. The maximum atomic E-state index is 12.5. The Hall–Kier alpha value is -2.35. The molecular formula is C22H27N5O2S.